The number of aryl methyl sites for hydroxylation is 2. The summed E-state index contributed by atoms with van der Waals surface area (Å²) in [5.41, 5.74) is 4.30. The van der Waals surface area contributed by atoms with Gasteiger partial charge in [0.05, 0.1) is 16.4 Å². The van der Waals surface area contributed by atoms with Crippen molar-refractivity contribution in [3.63, 3.8) is 0 Å². The normalized spacial score (nSPS) is 10.6. The van der Waals surface area contributed by atoms with Crippen molar-refractivity contribution in [1.29, 1.82) is 0 Å². The van der Waals surface area contributed by atoms with Crippen LogP contribution < -0.4 is 10.6 Å². The van der Waals surface area contributed by atoms with Crippen LogP contribution in [0.15, 0.2) is 42.5 Å². The average molecular weight is 412 g/mol. The number of hydrogen-bond donors (Lipinski definition) is 2. The largest absolute Gasteiger partial charge is 0.350 e. The SMILES string of the molecule is Cc1ccc(CNC(=O)Cn2nnc(C(=O)Nc3ccc(C)cc3Cl)c2C)cc1. The Morgan fingerprint density at radius 1 is 1.03 bits per heavy atom. The number of nitrogens with zero attached hydrogens (tertiary/aromatic N) is 3. The van der Waals surface area contributed by atoms with Gasteiger partial charge in [0.2, 0.25) is 5.91 Å². The highest BCUT2D eigenvalue weighted by Gasteiger charge is 2.19. The molecular weight excluding hydrogens is 390 g/mol. The zero-order chi connectivity index (χ0) is 21.0. The molecule has 0 aliphatic carbocycles. The molecule has 0 radical (unpaired) electrons. The highest BCUT2D eigenvalue weighted by Crippen LogP contribution is 2.23. The van der Waals surface area contributed by atoms with E-state index in [-0.39, 0.29) is 18.1 Å². The Balaban J connectivity index is 1.61. The summed E-state index contributed by atoms with van der Waals surface area (Å²) in [4.78, 5) is 24.8. The first-order chi connectivity index (χ1) is 13.8. The van der Waals surface area contributed by atoms with Gasteiger partial charge in [0, 0.05) is 6.54 Å². The number of benzene rings is 2. The van der Waals surface area contributed by atoms with Crippen molar-refractivity contribution < 1.29 is 9.59 Å². The quantitative estimate of drug-likeness (QED) is 0.650. The third-order valence-corrected chi connectivity index (χ3v) is 4.79. The molecular formula is C21H22ClN5O2. The van der Waals surface area contributed by atoms with Crippen LogP contribution in [0.1, 0.15) is 32.9 Å². The smallest absolute Gasteiger partial charge is 0.278 e. The van der Waals surface area contributed by atoms with Gasteiger partial charge in [-0.3, -0.25) is 9.59 Å². The van der Waals surface area contributed by atoms with Crippen LogP contribution in [-0.4, -0.2) is 26.8 Å². The van der Waals surface area contributed by atoms with Crippen LogP contribution in [-0.2, 0) is 17.9 Å². The molecule has 1 heterocycles. The van der Waals surface area contributed by atoms with E-state index in [2.05, 4.69) is 20.9 Å². The van der Waals surface area contributed by atoms with Gasteiger partial charge in [-0.15, -0.1) is 5.10 Å². The van der Waals surface area contributed by atoms with Gasteiger partial charge in [-0.05, 0) is 44.0 Å². The Morgan fingerprint density at radius 2 is 1.72 bits per heavy atom. The Bertz CT molecular complexity index is 1040. The number of halogens is 1. The van der Waals surface area contributed by atoms with Crippen molar-refractivity contribution in [1.82, 2.24) is 20.3 Å². The summed E-state index contributed by atoms with van der Waals surface area (Å²) in [7, 11) is 0. The minimum absolute atomic E-state index is 0.0245. The Kier molecular flexibility index (Phi) is 6.29. The molecule has 0 fully saturated rings. The number of rotatable bonds is 6. The Hall–Kier alpha value is -3.19. The molecule has 2 aromatic carbocycles. The number of aromatic nitrogens is 3. The van der Waals surface area contributed by atoms with Gasteiger partial charge in [0.15, 0.2) is 5.69 Å². The topological polar surface area (TPSA) is 88.9 Å². The van der Waals surface area contributed by atoms with E-state index in [4.69, 9.17) is 11.6 Å². The summed E-state index contributed by atoms with van der Waals surface area (Å²) in [5.74, 6) is -0.647. The maximum Gasteiger partial charge on any atom is 0.278 e. The van der Waals surface area contributed by atoms with Crippen molar-refractivity contribution in [3.05, 3.63) is 75.6 Å². The number of anilines is 1. The molecule has 0 bridgehead atoms. The molecule has 8 heteroatoms. The summed E-state index contributed by atoms with van der Waals surface area (Å²) in [6, 6.07) is 13.3. The van der Waals surface area contributed by atoms with Gasteiger partial charge >= 0.3 is 0 Å². The van der Waals surface area contributed by atoms with Gasteiger partial charge in [0.1, 0.15) is 6.54 Å². The first-order valence-corrected chi connectivity index (χ1v) is 9.51. The van der Waals surface area contributed by atoms with E-state index in [1.165, 1.54) is 4.68 Å². The molecule has 3 rings (SSSR count). The molecule has 2 amide bonds. The number of carbonyl (C=O) groups is 2. The molecule has 0 spiro atoms. The Morgan fingerprint density at radius 3 is 2.41 bits per heavy atom. The molecule has 0 aliphatic heterocycles. The zero-order valence-corrected chi connectivity index (χ0v) is 17.2. The molecule has 2 N–H and O–H groups in total. The monoisotopic (exact) mass is 411 g/mol. The number of amides is 2. The molecule has 1 aromatic heterocycles. The summed E-state index contributed by atoms with van der Waals surface area (Å²) in [6.45, 7) is 6.02. The maximum absolute atomic E-state index is 12.5. The maximum atomic E-state index is 12.5. The highest BCUT2D eigenvalue weighted by atomic mass is 35.5. The molecule has 7 nitrogen and oxygen atoms in total. The molecule has 0 saturated carbocycles. The summed E-state index contributed by atoms with van der Waals surface area (Å²) < 4.78 is 1.40. The van der Waals surface area contributed by atoms with Crippen molar-refractivity contribution in [2.24, 2.45) is 0 Å². The van der Waals surface area contributed by atoms with E-state index in [1.807, 2.05) is 44.2 Å². The van der Waals surface area contributed by atoms with Crippen LogP contribution in [0.5, 0.6) is 0 Å². The van der Waals surface area contributed by atoms with Crippen LogP contribution in [0.3, 0.4) is 0 Å². The van der Waals surface area contributed by atoms with E-state index in [0.29, 0.717) is 22.9 Å². The lowest BCUT2D eigenvalue weighted by Gasteiger charge is -2.08. The molecule has 150 valence electrons. The molecule has 29 heavy (non-hydrogen) atoms. The highest BCUT2D eigenvalue weighted by molar-refractivity contribution is 6.34. The third-order valence-electron chi connectivity index (χ3n) is 4.47. The fraction of sp³-hybridized carbons (Fsp3) is 0.238. The number of carbonyl (C=O) groups excluding carboxylic acids is 2. The lowest BCUT2D eigenvalue weighted by Crippen LogP contribution is -2.28. The number of nitrogens with one attached hydrogen (secondary N) is 2. The standard InChI is InChI=1S/C21H22ClN5O2/c1-13-4-7-16(8-5-13)11-23-19(28)12-27-15(3)20(25-26-27)21(29)24-18-9-6-14(2)10-17(18)22/h4-10H,11-12H2,1-3H3,(H,23,28)(H,24,29). The van der Waals surface area contributed by atoms with E-state index in [9.17, 15) is 9.59 Å². The van der Waals surface area contributed by atoms with Crippen molar-refractivity contribution in [3.8, 4) is 0 Å². The molecule has 0 aliphatic rings. The van der Waals surface area contributed by atoms with Crippen molar-refractivity contribution in [2.45, 2.75) is 33.9 Å². The summed E-state index contributed by atoms with van der Waals surface area (Å²) in [5, 5.41) is 13.9. The lowest BCUT2D eigenvalue weighted by molar-refractivity contribution is -0.122. The second-order valence-electron chi connectivity index (χ2n) is 6.88. The van der Waals surface area contributed by atoms with Gasteiger partial charge in [-0.25, -0.2) is 4.68 Å². The van der Waals surface area contributed by atoms with Gasteiger partial charge in [-0.2, -0.15) is 0 Å². The van der Waals surface area contributed by atoms with Gasteiger partial charge < -0.3 is 10.6 Å². The fourth-order valence-electron chi connectivity index (χ4n) is 2.72. The third kappa shape index (κ3) is 5.20. The number of hydrogen-bond acceptors (Lipinski definition) is 4. The van der Waals surface area contributed by atoms with Crippen LogP contribution in [0.2, 0.25) is 5.02 Å². The van der Waals surface area contributed by atoms with Crippen LogP contribution >= 0.6 is 11.6 Å². The second-order valence-corrected chi connectivity index (χ2v) is 7.29. The van der Waals surface area contributed by atoms with Crippen LogP contribution in [0, 0.1) is 20.8 Å². The first-order valence-electron chi connectivity index (χ1n) is 9.13. The van der Waals surface area contributed by atoms with Crippen LogP contribution in [0.25, 0.3) is 0 Å². The van der Waals surface area contributed by atoms with Gasteiger partial charge in [-0.1, -0.05) is 52.7 Å². The Labute approximate surface area is 174 Å². The molecule has 0 unspecified atom stereocenters. The van der Waals surface area contributed by atoms with E-state index in [0.717, 1.165) is 16.7 Å². The van der Waals surface area contributed by atoms with E-state index in [1.54, 1.807) is 19.1 Å². The van der Waals surface area contributed by atoms with E-state index >= 15 is 0 Å². The second kappa shape index (κ2) is 8.87. The van der Waals surface area contributed by atoms with Crippen molar-refractivity contribution in [2.75, 3.05) is 5.32 Å². The zero-order valence-electron chi connectivity index (χ0n) is 16.5. The lowest BCUT2D eigenvalue weighted by atomic mass is 10.1. The summed E-state index contributed by atoms with van der Waals surface area (Å²) in [6.07, 6.45) is 0. The van der Waals surface area contributed by atoms with Crippen LogP contribution in [0.4, 0.5) is 5.69 Å². The van der Waals surface area contributed by atoms with Crippen molar-refractivity contribution >= 4 is 29.1 Å². The molecule has 0 atom stereocenters. The molecule has 0 saturated heterocycles. The molecule has 3 aromatic rings. The average Bonchev–Trinajstić information content (AvgIpc) is 3.04. The predicted octanol–water partition coefficient (Wildman–Crippen LogP) is 3.43. The predicted molar refractivity (Wildman–Crippen MR) is 112 cm³/mol. The first kappa shape index (κ1) is 20.5. The fourth-order valence-corrected chi connectivity index (χ4v) is 3.00. The van der Waals surface area contributed by atoms with Gasteiger partial charge in [0.25, 0.3) is 5.91 Å². The van der Waals surface area contributed by atoms with E-state index < -0.39 is 5.91 Å². The summed E-state index contributed by atoms with van der Waals surface area (Å²) >= 11 is 6.16. The minimum Gasteiger partial charge on any atom is -0.350 e. The minimum atomic E-state index is -0.431.